The maximum atomic E-state index is 11.9. The molecule has 2 aromatic heterocycles. The van der Waals surface area contributed by atoms with Gasteiger partial charge in [0.05, 0.1) is 24.4 Å². The lowest BCUT2D eigenvalue weighted by Crippen LogP contribution is -2.17. The molecule has 1 N–H and O–H groups in total. The second kappa shape index (κ2) is 5.65. The van der Waals surface area contributed by atoms with E-state index in [4.69, 9.17) is 4.74 Å². The van der Waals surface area contributed by atoms with Gasteiger partial charge in [0.25, 0.3) is 5.91 Å². The Labute approximate surface area is 107 Å². The lowest BCUT2D eigenvalue weighted by atomic mass is 10.5. The van der Waals surface area contributed by atoms with Gasteiger partial charge in [0.15, 0.2) is 0 Å². The Balaban J connectivity index is 2.05. The molecule has 8 nitrogen and oxygen atoms in total. The second-order valence-corrected chi connectivity index (χ2v) is 4.65. The van der Waals surface area contributed by atoms with Gasteiger partial charge in [-0.25, -0.2) is 9.67 Å². The summed E-state index contributed by atoms with van der Waals surface area (Å²) in [7, 11) is 1.59. The van der Waals surface area contributed by atoms with Gasteiger partial charge in [0.2, 0.25) is 5.95 Å². The van der Waals surface area contributed by atoms with Crippen LogP contribution in [-0.4, -0.2) is 44.8 Å². The standard InChI is InChI=1S/C9H12N6O2S/c1-6-10-5-7(18-6)8(16)11-9-12-13-14-15(9)3-4-17-2/h5H,3-4H2,1-2H3,(H,11,12,14,16). The van der Waals surface area contributed by atoms with Crippen LogP contribution in [-0.2, 0) is 11.3 Å². The molecule has 0 radical (unpaired) electrons. The molecule has 2 heterocycles. The van der Waals surface area contributed by atoms with Gasteiger partial charge < -0.3 is 4.74 Å². The first kappa shape index (κ1) is 12.6. The predicted molar refractivity (Wildman–Crippen MR) is 64.5 cm³/mol. The Bertz CT molecular complexity index is 537. The molecule has 0 aliphatic heterocycles. The average Bonchev–Trinajstić information content (AvgIpc) is 2.96. The molecule has 0 fully saturated rings. The predicted octanol–water partition coefficient (Wildman–Crippen LogP) is 0.337. The molecule has 18 heavy (non-hydrogen) atoms. The number of aryl methyl sites for hydroxylation is 1. The minimum atomic E-state index is -0.269. The largest absolute Gasteiger partial charge is 0.383 e. The summed E-state index contributed by atoms with van der Waals surface area (Å²) in [6.07, 6.45) is 1.53. The summed E-state index contributed by atoms with van der Waals surface area (Å²) >= 11 is 1.32. The number of hydrogen-bond acceptors (Lipinski definition) is 7. The fraction of sp³-hybridized carbons (Fsp3) is 0.444. The Morgan fingerprint density at radius 3 is 3.11 bits per heavy atom. The first-order valence-electron chi connectivity index (χ1n) is 5.19. The van der Waals surface area contributed by atoms with Gasteiger partial charge in [0.1, 0.15) is 4.88 Å². The van der Waals surface area contributed by atoms with Crippen molar-refractivity contribution in [3.63, 3.8) is 0 Å². The molecule has 0 spiro atoms. The van der Waals surface area contributed by atoms with Crippen molar-refractivity contribution < 1.29 is 9.53 Å². The number of aromatic nitrogens is 5. The number of nitrogens with one attached hydrogen (secondary N) is 1. The topological polar surface area (TPSA) is 94.8 Å². The lowest BCUT2D eigenvalue weighted by Gasteiger charge is -2.03. The van der Waals surface area contributed by atoms with Gasteiger partial charge in [-0.15, -0.1) is 11.3 Å². The molecule has 96 valence electrons. The van der Waals surface area contributed by atoms with E-state index in [1.54, 1.807) is 7.11 Å². The zero-order valence-electron chi connectivity index (χ0n) is 9.95. The maximum Gasteiger partial charge on any atom is 0.269 e. The van der Waals surface area contributed by atoms with E-state index in [1.807, 2.05) is 6.92 Å². The van der Waals surface area contributed by atoms with Gasteiger partial charge >= 0.3 is 0 Å². The van der Waals surface area contributed by atoms with Crippen LogP contribution in [0.15, 0.2) is 6.20 Å². The molecule has 0 unspecified atom stereocenters. The van der Waals surface area contributed by atoms with Crippen molar-refractivity contribution in [2.24, 2.45) is 0 Å². The van der Waals surface area contributed by atoms with Gasteiger partial charge in [-0.1, -0.05) is 5.10 Å². The third-order valence-corrected chi connectivity index (χ3v) is 3.02. The van der Waals surface area contributed by atoms with E-state index in [2.05, 4.69) is 25.8 Å². The number of rotatable bonds is 5. The van der Waals surface area contributed by atoms with Crippen LogP contribution in [0.3, 0.4) is 0 Å². The van der Waals surface area contributed by atoms with Crippen molar-refractivity contribution in [1.29, 1.82) is 0 Å². The van der Waals surface area contributed by atoms with Crippen molar-refractivity contribution in [2.75, 3.05) is 19.0 Å². The normalized spacial score (nSPS) is 10.6. The van der Waals surface area contributed by atoms with Crippen LogP contribution in [0, 0.1) is 6.92 Å². The van der Waals surface area contributed by atoms with Crippen molar-refractivity contribution >= 4 is 23.2 Å². The minimum Gasteiger partial charge on any atom is -0.383 e. The number of carbonyl (C=O) groups is 1. The molecular weight excluding hydrogens is 256 g/mol. The Morgan fingerprint density at radius 1 is 1.61 bits per heavy atom. The summed E-state index contributed by atoms with van der Waals surface area (Å²) < 4.78 is 6.39. The quantitative estimate of drug-likeness (QED) is 0.840. The maximum absolute atomic E-state index is 11.9. The number of carbonyl (C=O) groups excluding carboxylic acids is 1. The first-order chi connectivity index (χ1) is 8.70. The van der Waals surface area contributed by atoms with Crippen LogP contribution in [0.2, 0.25) is 0 Å². The first-order valence-corrected chi connectivity index (χ1v) is 6.01. The van der Waals surface area contributed by atoms with Crippen LogP contribution in [0.5, 0.6) is 0 Å². The minimum absolute atomic E-state index is 0.269. The summed E-state index contributed by atoms with van der Waals surface area (Å²) in [5.74, 6) is 0.0252. The highest BCUT2D eigenvalue weighted by Crippen LogP contribution is 2.13. The summed E-state index contributed by atoms with van der Waals surface area (Å²) in [6.45, 7) is 2.78. The summed E-state index contributed by atoms with van der Waals surface area (Å²) in [6, 6.07) is 0. The number of thiazole rings is 1. The molecule has 2 rings (SSSR count). The molecule has 0 bridgehead atoms. The molecule has 1 amide bonds. The number of tetrazole rings is 1. The average molecular weight is 268 g/mol. The number of hydrogen-bond donors (Lipinski definition) is 1. The Hall–Kier alpha value is -1.87. The zero-order valence-corrected chi connectivity index (χ0v) is 10.8. The smallest absolute Gasteiger partial charge is 0.269 e. The number of methoxy groups -OCH3 is 1. The molecular formula is C9H12N6O2S. The summed E-state index contributed by atoms with van der Waals surface area (Å²) in [4.78, 5) is 16.4. The van der Waals surface area contributed by atoms with Crippen LogP contribution in [0.1, 0.15) is 14.7 Å². The fourth-order valence-electron chi connectivity index (χ4n) is 1.25. The van der Waals surface area contributed by atoms with Crippen molar-refractivity contribution in [2.45, 2.75) is 13.5 Å². The van der Waals surface area contributed by atoms with E-state index in [0.29, 0.717) is 24.0 Å². The van der Waals surface area contributed by atoms with E-state index in [9.17, 15) is 4.79 Å². The molecule has 0 atom stereocenters. The number of anilines is 1. The molecule has 0 aliphatic rings. The van der Waals surface area contributed by atoms with Crippen LogP contribution in [0.25, 0.3) is 0 Å². The Morgan fingerprint density at radius 2 is 2.44 bits per heavy atom. The molecule has 0 saturated carbocycles. The SMILES string of the molecule is COCCn1nnnc1NC(=O)c1cnc(C)s1. The Kier molecular flexibility index (Phi) is 3.95. The van der Waals surface area contributed by atoms with Crippen molar-refractivity contribution in [3.05, 3.63) is 16.1 Å². The molecule has 0 aliphatic carbocycles. The second-order valence-electron chi connectivity index (χ2n) is 3.42. The highest BCUT2D eigenvalue weighted by atomic mass is 32.1. The molecule has 9 heteroatoms. The monoisotopic (exact) mass is 268 g/mol. The van der Waals surface area contributed by atoms with Gasteiger partial charge in [-0.3, -0.25) is 10.1 Å². The van der Waals surface area contributed by atoms with Crippen molar-refractivity contribution in [3.8, 4) is 0 Å². The van der Waals surface area contributed by atoms with Crippen molar-refractivity contribution in [1.82, 2.24) is 25.2 Å². The molecule has 2 aromatic rings. The number of ether oxygens (including phenoxy) is 1. The van der Waals surface area contributed by atoms with Crippen LogP contribution >= 0.6 is 11.3 Å². The van der Waals surface area contributed by atoms with E-state index >= 15 is 0 Å². The summed E-state index contributed by atoms with van der Waals surface area (Å²) in [5.41, 5.74) is 0. The number of amides is 1. The van der Waals surface area contributed by atoms with E-state index < -0.39 is 0 Å². The highest BCUT2D eigenvalue weighted by molar-refractivity contribution is 7.13. The third kappa shape index (κ3) is 2.87. The van der Waals surface area contributed by atoms with Gasteiger partial charge in [-0.05, 0) is 17.4 Å². The third-order valence-electron chi connectivity index (χ3n) is 2.11. The fourth-order valence-corrected chi connectivity index (χ4v) is 1.92. The van der Waals surface area contributed by atoms with E-state index in [0.717, 1.165) is 5.01 Å². The van der Waals surface area contributed by atoms with E-state index in [1.165, 1.54) is 22.2 Å². The van der Waals surface area contributed by atoms with E-state index in [-0.39, 0.29) is 5.91 Å². The zero-order chi connectivity index (χ0) is 13.0. The highest BCUT2D eigenvalue weighted by Gasteiger charge is 2.13. The van der Waals surface area contributed by atoms with Crippen LogP contribution in [0.4, 0.5) is 5.95 Å². The van der Waals surface area contributed by atoms with Crippen LogP contribution < -0.4 is 5.32 Å². The van der Waals surface area contributed by atoms with Gasteiger partial charge in [-0.2, -0.15) is 0 Å². The van der Waals surface area contributed by atoms with Gasteiger partial charge in [0, 0.05) is 7.11 Å². The molecule has 0 aromatic carbocycles. The number of nitrogens with zero attached hydrogens (tertiary/aromatic N) is 5. The molecule has 0 saturated heterocycles. The summed E-state index contributed by atoms with van der Waals surface area (Å²) in [5, 5.41) is 14.5. The lowest BCUT2D eigenvalue weighted by molar-refractivity contribution is 0.102.